The van der Waals surface area contributed by atoms with Gasteiger partial charge in [-0.05, 0) is 42.5 Å². The van der Waals surface area contributed by atoms with E-state index in [1.165, 1.54) is 15.8 Å². The maximum absolute atomic E-state index is 12.6. The van der Waals surface area contributed by atoms with E-state index in [1.54, 1.807) is 29.8 Å². The van der Waals surface area contributed by atoms with Gasteiger partial charge < -0.3 is 4.90 Å². The van der Waals surface area contributed by atoms with Gasteiger partial charge in [0.05, 0.1) is 17.2 Å². The summed E-state index contributed by atoms with van der Waals surface area (Å²) in [4.78, 5) is 32.3. The minimum atomic E-state index is -0.190. The van der Waals surface area contributed by atoms with Crippen molar-refractivity contribution in [3.05, 3.63) is 70.3 Å². The zero-order valence-electron chi connectivity index (χ0n) is 15.1. The summed E-state index contributed by atoms with van der Waals surface area (Å²) < 4.78 is 1.37. The van der Waals surface area contributed by atoms with Gasteiger partial charge in [0, 0.05) is 18.5 Å². The highest BCUT2D eigenvalue weighted by Crippen LogP contribution is 2.16. The smallest absolute Gasteiger partial charge is 0.261 e. The number of likely N-dealkylation sites (N-methyl/N-ethyl adjacent to an activating group) is 1. The van der Waals surface area contributed by atoms with Gasteiger partial charge in [-0.3, -0.25) is 14.2 Å². The summed E-state index contributed by atoms with van der Waals surface area (Å²) in [6.07, 6.45) is 3.48. The van der Waals surface area contributed by atoms with Gasteiger partial charge in [-0.25, -0.2) is 4.98 Å². The minimum Gasteiger partial charge on any atom is -0.340 e. The van der Waals surface area contributed by atoms with Gasteiger partial charge in [-0.15, -0.1) is 11.8 Å². The van der Waals surface area contributed by atoms with E-state index in [-0.39, 0.29) is 18.0 Å². The molecule has 0 radical (unpaired) electrons. The maximum Gasteiger partial charge on any atom is 0.261 e. The van der Waals surface area contributed by atoms with Crippen LogP contribution < -0.4 is 5.56 Å². The normalized spacial score (nSPS) is 10.9. The molecule has 0 saturated carbocycles. The first-order valence-electron chi connectivity index (χ1n) is 8.31. The molecule has 0 aliphatic heterocycles. The van der Waals surface area contributed by atoms with Crippen LogP contribution >= 0.6 is 11.8 Å². The van der Waals surface area contributed by atoms with Gasteiger partial charge in [0.2, 0.25) is 5.91 Å². The van der Waals surface area contributed by atoms with Crippen LogP contribution in [0.25, 0.3) is 10.9 Å². The van der Waals surface area contributed by atoms with E-state index in [0.29, 0.717) is 17.4 Å². The molecule has 0 bridgehead atoms. The molecule has 26 heavy (non-hydrogen) atoms. The fraction of sp³-hybridized carbons (Fsp3) is 0.250. The van der Waals surface area contributed by atoms with Crippen LogP contribution in [0.4, 0.5) is 0 Å². The highest BCUT2D eigenvalue weighted by molar-refractivity contribution is 7.98. The van der Waals surface area contributed by atoms with Crippen molar-refractivity contribution in [3.63, 3.8) is 0 Å². The average Bonchev–Trinajstić information content (AvgIpc) is 2.65. The molecule has 0 aliphatic carbocycles. The zero-order chi connectivity index (χ0) is 18.7. The van der Waals surface area contributed by atoms with Gasteiger partial charge in [-0.2, -0.15) is 0 Å². The number of fused-ring (bicyclic) bond motifs is 1. The lowest BCUT2D eigenvalue weighted by Crippen LogP contribution is -2.33. The molecule has 3 aromatic rings. The minimum absolute atomic E-state index is 0.0187. The van der Waals surface area contributed by atoms with Crippen LogP contribution in [-0.2, 0) is 17.9 Å². The Kier molecular flexibility index (Phi) is 5.42. The second kappa shape index (κ2) is 7.74. The van der Waals surface area contributed by atoms with Crippen LogP contribution in [0.2, 0.25) is 0 Å². The van der Waals surface area contributed by atoms with Gasteiger partial charge >= 0.3 is 0 Å². The summed E-state index contributed by atoms with van der Waals surface area (Å²) in [5, 5.41) is 0.538. The van der Waals surface area contributed by atoms with Crippen molar-refractivity contribution >= 4 is 28.6 Å². The van der Waals surface area contributed by atoms with Crippen LogP contribution in [0.5, 0.6) is 0 Å². The van der Waals surface area contributed by atoms with Crippen molar-refractivity contribution in [2.45, 2.75) is 24.9 Å². The number of aryl methyl sites for hydroxylation is 1. The predicted octanol–water partition coefficient (Wildman–Crippen LogP) is 3.09. The highest BCUT2D eigenvalue weighted by atomic mass is 32.2. The summed E-state index contributed by atoms with van der Waals surface area (Å²) in [5.74, 6) is -0.130. The summed E-state index contributed by atoms with van der Waals surface area (Å²) >= 11 is 1.68. The third kappa shape index (κ3) is 3.80. The first-order valence-corrected chi connectivity index (χ1v) is 9.53. The molecule has 0 spiro atoms. The number of amides is 1. The molecule has 0 saturated heterocycles. The van der Waals surface area contributed by atoms with Crippen LogP contribution in [0.3, 0.4) is 0 Å². The van der Waals surface area contributed by atoms with Crippen LogP contribution in [0, 0.1) is 6.92 Å². The molecule has 0 unspecified atom stereocenters. The molecule has 6 heteroatoms. The Morgan fingerprint density at radius 1 is 1.19 bits per heavy atom. The van der Waals surface area contributed by atoms with Crippen molar-refractivity contribution in [2.24, 2.45) is 0 Å². The summed E-state index contributed by atoms with van der Waals surface area (Å²) in [7, 11) is 1.74. The van der Waals surface area contributed by atoms with Crippen molar-refractivity contribution in [2.75, 3.05) is 13.3 Å². The number of hydrogen-bond acceptors (Lipinski definition) is 4. The van der Waals surface area contributed by atoms with Crippen LogP contribution in [0.1, 0.15) is 11.1 Å². The Labute approximate surface area is 156 Å². The number of carbonyl (C=O) groups excluding carboxylic acids is 1. The molecule has 3 rings (SSSR count). The Morgan fingerprint density at radius 2 is 1.92 bits per heavy atom. The molecule has 1 amide bonds. The largest absolute Gasteiger partial charge is 0.340 e. The Hall–Kier alpha value is -2.60. The number of aromatic nitrogens is 2. The standard InChI is InChI=1S/C20H21N3O2S/c1-14-5-4-6-17-19(14)21-13-23(20(17)25)12-18(24)22(2)11-15-7-9-16(26-3)10-8-15/h4-10,13H,11-12H2,1-3H3. The van der Waals surface area contributed by atoms with E-state index >= 15 is 0 Å². The second-order valence-electron chi connectivity index (χ2n) is 6.25. The van der Waals surface area contributed by atoms with Gasteiger partial charge in [0.1, 0.15) is 6.54 Å². The lowest BCUT2D eigenvalue weighted by Gasteiger charge is -2.18. The van der Waals surface area contributed by atoms with E-state index in [0.717, 1.165) is 11.1 Å². The monoisotopic (exact) mass is 367 g/mol. The number of hydrogen-bond donors (Lipinski definition) is 0. The van der Waals surface area contributed by atoms with E-state index in [4.69, 9.17) is 0 Å². The summed E-state index contributed by atoms with van der Waals surface area (Å²) in [6, 6.07) is 13.6. The number of carbonyl (C=O) groups is 1. The molecule has 0 aliphatic rings. The van der Waals surface area contributed by atoms with Crippen LogP contribution in [0.15, 0.2) is 58.5 Å². The zero-order valence-corrected chi connectivity index (χ0v) is 15.9. The van der Waals surface area contributed by atoms with Crippen molar-refractivity contribution in [1.29, 1.82) is 0 Å². The molecular formula is C20H21N3O2S. The molecule has 0 fully saturated rings. The van der Waals surface area contributed by atoms with Gasteiger partial charge in [-0.1, -0.05) is 24.3 Å². The van der Waals surface area contributed by atoms with Crippen molar-refractivity contribution in [1.82, 2.24) is 14.5 Å². The molecular weight excluding hydrogens is 346 g/mol. The number of para-hydroxylation sites is 1. The number of thioether (sulfide) groups is 1. The predicted molar refractivity (Wildman–Crippen MR) is 105 cm³/mol. The summed E-state index contributed by atoms with van der Waals surface area (Å²) in [6.45, 7) is 2.40. The SMILES string of the molecule is CSc1ccc(CN(C)C(=O)Cn2cnc3c(C)cccc3c2=O)cc1. The fourth-order valence-corrected chi connectivity index (χ4v) is 3.22. The Balaban J connectivity index is 1.75. The Morgan fingerprint density at radius 3 is 2.62 bits per heavy atom. The van der Waals surface area contributed by atoms with E-state index in [9.17, 15) is 9.59 Å². The average molecular weight is 367 g/mol. The van der Waals surface area contributed by atoms with E-state index in [1.807, 2.05) is 49.6 Å². The van der Waals surface area contributed by atoms with Gasteiger partial charge in [0.25, 0.3) is 5.56 Å². The lowest BCUT2D eigenvalue weighted by atomic mass is 10.1. The third-order valence-electron chi connectivity index (χ3n) is 4.37. The van der Waals surface area contributed by atoms with Crippen molar-refractivity contribution in [3.8, 4) is 0 Å². The first kappa shape index (κ1) is 18.2. The van der Waals surface area contributed by atoms with E-state index < -0.39 is 0 Å². The van der Waals surface area contributed by atoms with Crippen molar-refractivity contribution < 1.29 is 4.79 Å². The Bertz CT molecular complexity index is 996. The molecule has 1 heterocycles. The molecule has 2 aromatic carbocycles. The molecule has 0 atom stereocenters. The molecule has 0 N–H and O–H groups in total. The lowest BCUT2D eigenvalue weighted by molar-refractivity contribution is -0.131. The number of benzene rings is 2. The maximum atomic E-state index is 12.6. The fourth-order valence-electron chi connectivity index (χ4n) is 2.81. The van der Waals surface area contributed by atoms with Gasteiger partial charge in [0.15, 0.2) is 0 Å². The van der Waals surface area contributed by atoms with E-state index in [2.05, 4.69) is 4.98 Å². The number of nitrogens with zero attached hydrogens (tertiary/aromatic N) is 3. The third-order valence-corrected chi connectivity index (χ3v) is 5.11. The summed E-state index contributed by atoms with van der Waals surface area (Å²) in [5.41, 5.74) is 2.50. The second-order valence-corrected chi connectivity index (χ2v) is 7.13. The van der Waals surface area contributed by atoms with Crippen LogP contribution in [-0.4, -0.2) is 33.7 Å². The molecule has 1 aromatic heterocycles. The number of rotatable bonds is 5. The topological polar surface area (TPSA) is 55.2 Å². The first-order chi connectivity index (χ1) is 12.5. The molecule has 134 valence electrons. The molecule has 5 nitrogen and oxygen atoms in total. The quantitative estimate of drug-likeness (QED) is 0.650. The highest BCUT2D eigenvalue weighted by Gasteiger charge is 2.13.